The molecule has 3 rings (SSSR count). The first-order chi connectivity index (χ1) is 14.4. The fraction of sp³-hybridized carbons (Fsp3) is 0.100. The quantitative estimate of drug-likeness (QED) is 0.419. The molecule has 0 aliphatic heterocycles. The third-order valence-electron chi connectivity index (χ3n) is 4.26. The van der Waals surface area contributed by atoms with Gasteiger partial charge in [-0.3, -0.25) is 15.6 Å². The molecule has 10 heteroatoms. The van der Waals surface area contributed by atoms with Crippen molar-refractivity contribution in [3.05, 3.63) is 71.8 Å². The average Bonchev–Trinajstić information content (AvgIpc) is 2.77. The number of benzene rings is 2. The Bertz CT molecular complexity index is 1090. The Morgan fingerprint density at radius 3 is 2.43 bits per heavy atom. The van der Waals surface area contributed by atoms with E-state index >= 15 is 0 Å². The molecule has 0 saturated carbocycles. The van der Waals surface area contributed by atoms with Crippen molar-refractivity contribution in [1.29, 1.82) is 0 Å². The number of anilines is 4. The van der Waals surface area contributed by atoms with Gasteiger partial charge in [0.2, 0.25) is 0 Å². The number of ether oxygens (including phenoxy) is 1. The number of hydrogen-bond acceptors (Lipinski definition) is 8. The summed E-state index contributed by atoms with van der Waals surface area (Å²) in [6.07, 6.45) is 1.24. The van der Waals surface area contributed by atoms with Gasteiger partial charge in [-0.1, -0.05) is 24.3 Å². The highest BCUT2D eigenvalue weighted by molar-refractivity contribution is 5.98. The molecule has 0 atom stereocenters. The van der Waals surface area contributed by atoms with Gasteiger partial charge in [0.1, 0.15) is 17.8 Å². The van der Waals surface area contributed by atoms with Crippen LogP contribution in [0.25, 0.3) is 0 Å². The first-order valence-corrected chi connectivity index (χ1v) is 8.76. The summed E-state index contributed by atoms with van der Waals surface area (Å²) in [6.45, 7) is 0. The molecule has 1 amide bonds. The van der Waals surface area contributed by atoms with E-state index in [-0.39, 0.29) is 22.9 Å². The number of aromatic nitrogens is 2. The fourth-order valence-corrected chi connectivity index (χ4v) is 2.74. The van der Waals surface area contributed by atoms with E-state index in [2.05, 4.69) is 20.8 Å². The minimum Gasteiger partial charge on any atom is -0.465 e. The second-order valence-electron chi connectivity index (χ2n) is 6.09. The zero-order valence-corrected chi connectivity index (χ0v) is 16.2. The standard InChI is InChI=1S/C20H19FN6O3/c1-27(15-10-6-4-8-13(15)20(29)30-2)18-16(22)17(23-11-24-18)25-26-19(28)12-7-3-5-9-14(12)21/h3-11H,22H2,1-2H3,(H,26,28)(H,23,24,25). The van der Waals surface area contributed by atoms with Crippen molar-refractivity contribution in [2.24, 2.45) is 0 Å². The molecule has 0 aliphatic rings. The molecule has 30 heavy (non-hydrogen) atoms. The zero-order valence-electron chi connectivity index (χ0n) is 16.2. The number of hydrazine groups is 1. The maximum atomic E-state index is 13.8. The number of carbonyl (C=O) groups excluding carboxylic acids is 2. The van der Waals surface area contributed by atoms with Gasteiger partial charge in [-0.05, 0) is 24.3 Å². The SMILES string of the molecule is COC(=O)c1ccccc1N(C)c1ncnc(NNC(=O)c2ccccc2F)c1N. The summed E-state index contributed by atoms with van der Waals surface area (Å²) in [4.78, 5) is 34.0. The average molecular weight is 410 g/mol. The number of amides is 1. The van der Waals surface area contributed by atoms with Crippen LogP contribution in [0.15, 0.2) is 54.9 Å². The molecular formula is C20H19FN6O3. The first-order valence-electron chi connectivity index (χ1n) is 8.76. The number of nitrogen functional groups attached to an aromatic ring is 1. The molecule has 0 unspecified atom stereocenters. The minimum atomic E-state index is -0.697. The highest BCUT2D eigenvalue weighted by atomic mass is 19.1. The maximum absolute atomic E-state index is 13.8. The van der Waals surface area contributed by atoms with Crippen molar-refractivity contribution >= 4 is 34.9 Å². The highest BCUT2D eigenvalue weighted by Gasteiger charge is 2.20. The number of nitrogens with one attached hydrogen (secondary N) is 2. The summed E-state index contributed by atoms with van der Waals surface area (Å²) in [5.41, 5.74) is 11.9. The molecular weight excluding hydrogens is 391 g/mol. The Kier molecular flexibility index (Phi) is 6.06. The number of nitrogens with two attached hydrogens (primary N) is 1. The van der Waals surface area contributed by atoms with Crippen molar-refractivity contribution in [2.75, 3.05) is 30.2 Å². The predicted octanol–water partition coefficient (Wildman–Crippen LogP) is 2.51. The van der Waals surface area contributed by atoms with Gasteiger partial charge in [0, 0.05) is 7.05 Å². The molecule has 3 aromatic rings. The first kappa shape index (κ1) is 20.5. The van der Waals surface area contributed by atoms with Crippen LogP contribution in [0.5, 0.6) is 0 Å². The molecule has 0 saturated heterocycles. The zero-order chi connectivity index (χ0) is 21.7. The van der Waals surface area contributed by atoms with Gasteiger partial charge >= 0.3 is 5.97 Å². The van der Waals surface area contributed by atoms with Crippen LogP contribution in [0.4, 0.5) is 27.4 Å². The molecule has 0 aliphatic carbocycles. The Labute approximate surface area is 171 Å². The van der Waals surface area contributed by atoms with Gasteiger partial charge in [-0.2, -0.15) is 0 Å². The van der Waals surface area contributed by atoms with Crippen LogP contribution in [0.1, 0.15) is 20.7 Å². The molecule has 1 heterocycles. The lowest BCUT2D eigenvalue weighted by atomic mass is 10.1. The van der Waals surface area contributed by atoms with Crippen LogP contribution in [0.2, 0.25) is 0 Å². The molecule has 1 aromatic heterocycles. The van der Waals surface area contributed by atoms with Crippen molar-refractivity contribution < 1.29 is 18.7 Å². The van der Waals surface area contributed by atoms with Crippen LogP contribution in [-0.4, -0.2) is 36.0 Å². The molecule has 9 nitrogen and oxygen atoms in total. The van der Waals surface area contributed by atoms with E-state index < -0.39 is 17.7 Å². The number of methoxy groups -OCH3 is 1. The van der Waals surface area contributed by atoms with E-state index in [9.17, 15) is 14.0 Å². The lowest BCUT2D eigenvalue weighted by Crippen LogP contribution is -2.31. The van der Waals surface area contributed by atoms with Gasteiger partial charge in [0.15, 0.2) is 11.6 Å². The molecule has 2 aromatic carbocycles. The van der Waals surface area contributed by atoms with Gasteiger partial charge < -0.3 is 15.4 Å². The third kappa shape index (κ3) is 4.12. The highest BCUT2D eigenvalue weighted by Crippen LogP contribution is 2.32. The van der Waals surface area contributed by atoms with Crippen molar-refractivity contribution in [1.82, 2.24) is 15.4 Å². The number of hydrogen-bond donors (Lipinski definition) is 3. The summed E-state index contributed by atoms with van der Waals surface area (Å²) < 4.78 is 18.6. The number of para-hydroxylation sites is 1. The molecule has 0 bridgehead atoms. The van der Waals surface area contributed by atoms with E-state index in [1.165, 1.54) is 31.6 Å². The number of rotatable bonds is 6. The Morgan fingerprint density at radius 2 is 1.73 bits per heavy atom. The second kappa shape index (κ2) is 8.86. The van der Waals surface area contributed by atoms with Gasteiger partial charge in [-0.25, -0.2) is 19.2 Å². The molecule has 4 N–H and O–H groups in total. The lowest BCUT2D eigenvalue weighted by Gasteiger charge is -2.23. The molecule has 0 spiro atoms. The molecule has 154 valence electrons. The van der Waals surface area contributed by atoms with Crippen LogP contribution >= 0.6 is 0 Å². The summed E-state index contributed by atoms with van der Waals surface area (Å²) >= 11 is 0. The Balaban J connectivity index is 1.84. The summed E-state index contributed by atoms with van der Waals surface area (Å²) in [6, 6.07) is 12.3. The van der Waals surface area contributed by atoms with Gasteiger partial charge in [-0.15, -0.1) is 0 Å². The van der Waals surface area contributed by atoms with Crippen molar-refractivity contribution in [3.8, 4) is 0 Å². The third-order valence-corrected chi connectivity index (χ3v) is 4.26. The van der Waals surface area contributed by atoms with E-state index in [0.717, 1.165) is 0 Å². The number of carbonyl (C=O) groups is 2. The van der Waals surface area contributed by atoms with Crippen molar-refractivity contribution in [3.63, 3.8) is 0 Å². The summed E-state index contributed by atoms with van der Waals surface area (Å²) in [5.74, 6) is -1.49. The van der Waals surface area contributed by atoms with E-state index in [0.29, 0.717) is 11.3 Å². The minimum absolute atomic E-state index is 0.104. The lowest BCUT2D eigenvalue weighted by molar-refractivity contribution is 0.0601. The second-order valence-corrected chi connectivity index (χ2v) is 6.09. The number of esters is 1. The van der Waals surface area contributed by atoms with Gasteiger partial charge in [0.05, 0.1) is 23.9 Å². The topological polar surface area (TPSA) is 122 Å². The Hall–Kier alpha value is -4.21. The fourth-order valence-electron chi connectivity index (χ4n) is 2.74. The summed E-state index contributed by atoms with van der Waals surface area (Å²) in [7, 11) is 2.96. The van der Waals surface area contributed by atoms with Crippen molar-refractivity contribution in [2.45, 2.75) is 0 Å². The normalized spacial score (nSPS) is 10.2. The van der Waals surface area contributed by atoms with Crippen LogP contribution in [0, 0.1) is 5.82 Å². The molecule has 0 fully saturated rings. The summed E-state index contributed by atoms with van der Waals surface area (Å²) in [5, 5.41) is 0. The smallest absolute Gasteiger partial charge is 0.339 e. The number of halogens is 1. The number of nitrogens with zero attached hydrogens (tertiary/aromatic N) is 3. The van der Waals surface area contributed by atoms with Crippen LogP contribution in [-0.2, 0) is 4.74 Å². The van der Waals surface area contributed by atoms with Crippen LogP contribution < -0.4 is 21.5 Å². The molecule has 0 radical (unpaired) electrons. The monoisotopic (exact) mass is 410 g/mol. The van der Waals surface area contributed by atoms with Crippen LogP contribution in [0.3, 0.4) is 0 Å². The predicted molar refractivity (Wildman–Crippen MR) is 110 cm³/mol. The van der Waals surface area contributed by atoms with E-state index in [1.807, 2.05) is 0 Å². The Morgan fingerprint density at radius 1 is 1.07 bits per heavy atom. The van der Waals surface area contributed by atoms with E-state index in [4.69, 9.17) is 10.5 Å². The van der Waals surface area contributed by atoms with E-state index in [1.54, 1.807) is 42.3 Å². The van der Waals surface area contributed by atoms with Gasteiger partial charge in [0.25, 0.3) is 5.91 Å². The largest absolute Gasteiger partial charge is 0.465 e. The maximum Gasteiger partial charge on any atom is 0.339 e.